The normalized spacial score (nSPS) is 11.8. The summed E-state index contributed by atoms with van der Waals surface area (Å²) in [5.74, 6) is 0.522. The first-order valence-electron chi connectivity index (χ1n) is 9.45. The summed E-state index contributed by atoms with van der Waals surface area (Å²) in [6.45, 7) is 8.19. The Balaban J connectivity index is 2.13. The molecule has 3 rings (SSSR count). The summed E-state index contributed by atoms with van der Waals surface area (Å²) in [7, 11) is 0. The van der Waals surface area contributed by atoms with E-state index < -0.39 is 11.6 Å². The maximum Gasteiger partial charge on any atom is 0.338 e. The predicted octanol–water partition coefficient (Wildman–Crippen LogP) is 5.23. The number of carbonyl (C=O) groups excluding carboxylic acids is 1. The molecule has 0 unspecified atom stereocenters. The third kappa shape index (κ3) is 4.30. The van der Waals surface area contributed by atoms with Crippen LogP contribution in [0, 0.1) is 0 Å². The molecule has 1 aromatic heterocycles. The maximum atomic E-state index is 12.6. The van der Waals surface area contributed by atoms with Crippen molar-refractivity contribution >= 4 is 34.3 Å². The van der Waals surface area contributed by atoms with Gasteiger partial charge in [0.25, 0.3) is 0 Å². The van der Waals surface area contributed by atoms with Crippen molar-refractivity contribution in [1.82, 2.24) is 9.55 Å². The average molecular weight is 400 g/mol. The van der Waals surface area contributed by atoms with E-state index in [1.54, 1.807) is 6.07 Å². The second-order valence-electron chi connectivity index (χ2n) is 7.89. The van der Waals surface area contributed by atoms with Crippen molar-refractivity contribution in [2.45, 2.75) is 52.7 Å². The minimum Gasteiger partial charge on any atom is -0.456 e. The zero-order chi connectivity index (χ0) is 20.5. The molecule has 148 valence electrons. The third-order valence-electron chi connectivity index (χ3n) is 4.36. The van der Waals surface area contributed by atoms with E-state index >= 15 is 0 Å². The molecule has 2 N–H and O–H groups in total. The molecular formula is C22H26ClN3O2. The average Bonchev–Trinajstić information content (AvgIpc) is 2.94. The summed E-state index contributed by atoms with van der Waals surface area (Å²) < 4.78 is 7.60. The van der Waals surface area contributed by atoms with Crippen LogP contribution in [0.4, 0.5) is 5.69 Å². The quantitative estimate of drug-likeness (QED) is 0.471. The Kier molecular flexibility index (Phi) is 5.66. The molecule has 2 aromatic carbocycles. The fraction of sp³-hybridized carbons (Fsp3) is 0.364. The molecule has 1 heterocycles. The zero-order valence-electron chi connectivity index (χ0n) is 16.8. The Morgan fingerprint density at radius 3 is 2.61 bits per heavy atom. The number of nitrogens with zero attached hydrogens (tertiary/aromatic N) is 2. The van der Waals surface area contributed by atoms with Gasteiger partial charge in [-0.2, -0.15) is 0 Å². The number of benzene rings is 2. The Hall–Kier alpha value is -2.53. The van der Waals surface area contributed by atoms with E-state index in [2.05, 4.69) is 11.5 Å². The van der Waals surface area contributed by atoms with Gasteiger partial charge in [0.05, 0.1) is 23.3 Å². The van der Waals surface area contributed by atoms with Crippen LogP contribution in [0.1, 0.15) is 55.9 Å². The standard InChI is InChI=1S/C22H26ClN3O2/c1-5-8-19-25-20-17(24)11-15(21(27)28-22(2,3)4)12-18(20)26(19)13-14-9-6-7-10-16(14)23/h6-7,9-12H,5,8,13,24H2,1-4H3. The Morgan fingerprint density at radius 1 is 1.25 bits per heavy atom. The number of anilines is 1. The lowest BCUT2D eigenvalue weighted by molar-refractivity contribution is 0.00697. The van der Waals surface area contributed by atoms with Gasteiger partial charge in [0, 0.05) is 11.4 Å². The molecule has 0 fully saturated rings. The van der Waals surface area contributed by atoms with Gasteiger partial charge in [-0.15, -0.1) is 0 Å². The number of hydrogen-bond donors (Lipinski definition) is 1. The maximum absolute atomic E-state index is 12.6. The van der Waals surface area contributed by atoms with Crippen molar-refractivity contribution in [3.05, 3.63) is 58.4 Å². The Morgan fingerprint density at radius 2 is 1.96 bits per heavy atom. The van der Waals surface area contributed by atoms with Crippen molar-refractivity contribution < 1.29 is 9.53 Å². The monoisotopic (exact) mass is 399 g/mol. The molecule has 0 saturated heterocycles. The van der Waals surface area contributed by atoms with Crippen molar-refractivity contribution in [3.63, 3.8) is 0 Å². The van der Waals surface area contributed by atoms with Gasteiger partial charge in [-0.25, -0.2) is 9.78 Å². The molecule has 0 spiro atoms. The van der Waals surface area contributed by atoms with Gasteiger partial charge in [-0.1, -0.05) is 36.7 Å². The number of nitrogen functional groups attached to an aromatic ring is 1. The van der Waals surface area contributed by atoms with E-state index in [9.17, 15) is 4.79 Å². The highest BCUT2D eigenvalue weighted by molar-refractivity contribution is 6.31. The van der Waals surface area contributed by atoms with Crippen LogP contribution in [0.25, 0.3) is 11.0 Å². The van der Waals surface area contributed by atoms with E-state index in [1.165, 1.54) is 0 Å². The third-order valence-corrected chi connectivity index (χ3v) is 4.73. The first-order valence-corrected chi connectivity index (χ1v) is 9.82. The highest BCUT2D eigenvalue weighted by atomic mass is 35.5. The summed E-state index contributed by atoms with van der Waals surface area (Å²) >= 11 is 6.37. The molecule has 5 nitrogen and oxygen atoms in total. The van der Waals surface area contributed by atoms with Crippen molar-refractivity contribution in [3.8, 4) is 0 Å². The summed E-state index contributed by atoms with van der Waals surface area (Å²) in [5, 5.41) is 0.697. The predicted molar refractivity (Wildman–Crippen MR) is 114 cm³/mol. The number of nitrogens with two attached hydrogens (primary N) is 1. The topological polar surface area (TPSA) is 70.1 Å². The summed E-state index contributed by atoms with van der Waals surface area (Å²) in [5.41, 5.74) is 9.05. The molecule has 28 heavy (non-hydrogen) atoms. The van der Waals surface area contributed by atoms with Gasteiger partial charge < -0.3 is 15.0 Å². The molecule has 0 aliphatic heterocycles. The van der Waals surface area contributed by atoms with Gasteiger partial charge >= 0.3 is 5.97 Å². The number of halogens is 1. The molecule has 0 atom stereocenters. The summed E-state index contributed by atoms with van der Waals surface area (Å²) in [6.07, 6.45) is 1.75. The Bertz CT molecular complexity index is 1020. The number of esters is 1. The van der Waals surface area contributed by atoms with Gasteiger partial charge in [0.15, 0.2) is 0 Å². The molecule has 3 aromatic rings. The molecule has 0 radical (unpaired) electrons. The second-order valence-corrected chi connectivity index (χ2v) is 8.30. The van der Waals surface area contributed by atoms with Crippen LogP contribution in [0.3, 0.4) is 0 Å². The van der Waals surface area contributed by atoms with Crippen LogP contribution in [0.2, 0.25) is 5.02 Å². The van der Waals surface area contributed by atoms with E-state index in [4.69, 9.17) is 27.1 Å². The lowest BCUT2D eigenvalue weighted by Crippen LogP contribution is -2.24. The summed E-state index contributed by atoms with van der Waals surface area (Å²) in [6, 6.07) is 11.2. The van der Waals surface area contributed by atoms with Gasteiger partial charge in [-0.3, -0.25) is 0 Å². The van der Waals surface area contributed by atoms with Crippen molar-refractivity contribution in [1.29, 1.82) is 0 Å². The molecule has 6 heteroatoms. The molecule has 0 aliphatic rings. The van der Waals surface area contributed by atoms with Crippen LogP contribution < -0.4 is 5.73 Å². The SMILES string of the molecule is CCCc1nc2c(N)cc(C(=O)OC(C)(C)C)cc2n1Cc1ccccc1Cl. The van der Waals surface area contributed by atoms with E-state index in [0.29, 0.717) is 28.3 Å². The van der Waals surface area contributed by atoms with Crippen molar-refractivity contribution in [2.75, 3.05) is 5.73 Å². The van der Waals surface area contributed by atoms with Gasteiger partial charge in [0.1, 0.15) is 16.9 Å². The largest absolute Gasteiger partial charge is 0.456 e. The molecule has 0 bridgehead atoms. The fourth-order valence-electron chi connectivity index (χ4n) is 3.14. The highest BCUT2D eigenvalue weighted by Crippen LogP contribution is 2.28. The molecule has 0 saturated carbocycles. The van der Waals surface area contributed by atoms with Crippen LogP contribution in [-0.4, -0.2) is 21.1 Å². The first kappa shape index (κ1) is 20.2. The van der Waals surface area contributed by atoms with E-state index in [0.717, 1.165) is 29.7 Å². The molecular weight excluding hydrogens is 374 g/mol. The minimum absolute atomic E-state index is 0.399. The van der Waals surface area contributed by atoms with E-state index in [1.807, 2.05) is 51.1 Å². The van der Waals surface area contributed by atoms with Gasteiger partial charge in [-0.05, 0) is 51.0 Å². The zero-order valence-corrected chi connectivity index (χ0v) is 17.5. The number of imidazole rings is 1. The number of rotatable bonds is 5. The van der Waals surface area contributed by atoms with Crippen LogP contribution in [0.5, 0.6) is 0 Å². The second kappa shape index (κ2) is 7.84. The molecule has 0 amide bonds. The number of hydrogen-bond acceptors (Lipinski definition) is 4. The van der Waals surface area contributed by atoms with Crippen LogP contribution in [0.15, 0.2) is 36.4 Å². The molecule has 0 aliphatic carbocycles. The smallest absolute Gasteiger partial charge is 0.338 e. The number of ether oxygens (including phenoxy) is 1. The number of fused-ring (bicyclic) bond motifs is 1. The van der Waals surface area contributed by atoms with E-state index in [-0.39, 0.29) is 0 Å². The first-order chi connectivity index (χ1) is 13.2. The van der Waals surface area contributed by atoms with Crippen molar-refractivity contribution in [2.24, 2.45) is 0 Å². The number of aromatic nitrogens is 2. The minimum atomic E-state index is -0.577. The number of aryl methyl sites for hydroxylation is 1. The lowest BCUT2D eigenvalue weighted by atomic mass is 10.1. The highest BCUT2D eigenvalue weighted by Gasteiger charge is 2.21. The number of carbonyl (C=O) groups is 1. The fourth-order valence-corrected chi connectivity index (χ4v) is 3.34. The lowest BCUT2D eigenvalue weighted by Gasteiger charge is -2.19. The Labute approximate surface area is 170 Å². The van der Waals surface area contributed by atoms with Crippen LogP contribution >= 0.6 is 11.6 Å². The van der Waals surface area contributed by atoms with Crippen LogP contribution in [-0.2, 0) is 17.7 Å². The van der Waals surface area contributed by atoms with Gasteiger partial charge in [0.2, 0.25) is 0 Å². The summed E-state index contributed by atoms with van der Waals surface area (Å²) in [4.78, 5) is 17.3.